The van der Waals surface area contributed by atoms with Crippen LogP contribution in [-0.4, -0.2) is 63.5 Å². The zero-order valence-corrected chi connectivity index (χ0v) is 14.5. The molecule has 130 valence electrons. The first-order valence-electron chi connectivity index (χ1n) is 8.53. The van der Waals surface area contributed by atoms with Gasteiger partial charge in [0.15, 0.2) is 5.65 Å². The van der Waals surface area contributed by atoms with Crippen molar-refractivity contribution in [1.82, 2.24) is 24.6 Å². The summed E-state index contributed by atoms with van der Waals surface area (Å²) in [6.07, 6.45) is 3.52. The number of fused-ring (bicyclic) bond motifs is 1. The molecule has 2 atom stereocenters. The number of likely N-dealkylation sites (N-methyl/N-ethyl adjacent to an activating group) is 1. The number of rotatable bonds is 4. The maximum atomic E-state index is 5.90. The van der Waals surface area contributed by atoms with E-state index in [1.165, 1.54) is 0 Å². The van der Waals surface area contributed by atoms with Gasteiger partial charge in [-0.05, 0) is 26.1 Å². The lowest BCUT2D eigenvalue weighted by molar-refractivity contribution is -0.0259. The number of aromatic nitrogens is 4. The second-order valence-electron chi connectivity index (χ2n) is 6.46. The van der Waals surface area contributed by atoms with Gasteiger partial charge in [-0.15, -0.1) is 0 Å². The largest absolute Gasteiger partial charge is 0.373 e. The van der Waals surface area contributed by atoms with E-state index >= 15 is 0 Å². The minimum atomic E-state index is 0.132. The summed E-state index contributed by atoms with van der Waals surface area (Å²) in [6.45, 7) is 4.77. The van der Waals surface area contributed by atoms with Crippen LogP contribution in [0.3, 0.4) is 0 Å². The molecule has 7 heteroatoms. The van der Waals surface area contributed by atoms with Gasteiger partial charge in [-0.2, -0.15) is 5.10 Å². The summed E-state index contributed by atoms with van der Waals surface area (Å²) in [6, 6.07) is 10.1. The Kier molecular flexibility index (Phi) is 4.33. The van der Waals surface area contributed by atoms with Crippen LogP contribution in [-0.2, 0) is 4.74 Å². The maximum absolute atomic E-state index is 5.90. The number of ether oxygens (including phenoxy) is 1. The quantitative estimate of drug-likeness (QED) is 0.784. The number of nitrogens with zero attached hydrogens (tertiary/aromatic N) is 5. The topological polar surface area (TPSA) is 68.1 Å². The minimum absolute atomic E-state index is 0.132. The number of anilines is 1. The van der Waals surface area contributed by atoms with Gasteiger partial charge in [-0.3, -0.25) is 0 Å². The monoisotopic (exact) mass is 338 g/mol. The first-order valence-corrected chi connectivity index (χ1v) is 8.53. The zero-order valence-electron chi connectivity index (χ0n) is 14.5. The normalized spacial score (nSPS) is 19.8. The predicted molar refractivity (Wildman–Crippen MR) is 97.0 cm³/mol. The van der Waals surface area contributed by atoms with E-state index < -0.39 is 0 Å². The first kappa shape index (κ1) is 16.0. The molecule has 7 nitrogen and oxygen atoms in total. The van der Waals surface area contributed by atoms with Crippen molar-refractivity contribution in [3.63, 3.8) is 0 Å². The van der Waals surface area contributed by atoms with Gasteiger partial charge in [0.05, 0.1) is 36.0 Å². The summed E-state index contributed by atoms with van der Waals surface area (Å²) in [5.41, 5.74) is 1.77. The van der Waals surface area contributed by atoms with Gasteiger partial charge in [0.25, 0.3) is 0 Å². The van der Waals surface area contributed by atoms with Crippen LogP contribution >= 0.6 is 0 Å². The highest BCUT2D eigenvalue weighted by molar-refractivity contribution is 5.87. The van der Waals surface area contributed by atoms with E-state index in [-0.39, 0.29) is 12.1 Å². The van der Waals surface area contributed by atoms with Crippen molar-refractivity contribution in [2.24, 2.45) is 0 Å². The Bertz CT molecular complexity index is 849. The molecule has 1 saturated heterocycles. The molecule has 3 heterocycles. The summed E-state index contributed by atoms with van der Waals surface area (Å²) >= 11 is 0. The Morgan fingerprint density at radius 1 is 1.24 bits per heavy atom. The van der Waals surface area contributed by atoms with Crippen LogP contribution in [0.2, 0.25) is 0 Å². The van der Waals surface area contributed by atoms with Crippen LogP contribution < -0.4 is 5.32 Å². The molecule has 1 fully saturated rings. The van der Waals surface area contributed by atoms with Crippen LogP contribution in [0.1, 0.15) is 6.92 Å². The lowest BCUT2D eigenvalue weighted by atomic mass is 10.1. The van der Waals surface area contributed by atoms with E-state index in [2.05, 4.69) is 39.3 Å². The van der Waals surface area contributed by atoms with Crippen molar-refractivity contribution < 1.29 is 4.74 Å². The van der Waals surface area contributed by atoms with E-state index in [0.717, 1.165) is 42.2 Å². The predicted octanol–water partition coefficient (Wildman–Crippen LogP) is 1.95. The molecule has 4 rings (SSSR count). The molecule has 1 aliphatic heterocycles. The zero-order chi connectivity index (χ0) is 17.2. The van der Waals surface area contributed by atoms with Gasteiger partial charge in [0.2, 0.25) is 0 Å². The highest BCUT2D eigenvalue weighted by atomic mass is 16.5. The number of nitrogens with one attached hydrogen (secondary N) is 1. The number of hydrogen-bond acceptors (Lipinski definition) is 6. The Labute approximate surface area is 146 Å². The fraction of sp³-hybridized carbons (Fsp3) is 0.389. The van der Waals surface area contributed by atoms with Gasteiger partial charge >= 0.3 is 0 Å². The molecule has 1 aliphatic rings. The number of para-hydroxylation sites is 1. The van der Waals surface area contributed by atoms with E-state index in [4.69, 9.17) is 4.74 Å². The van der Waals surface area contributed by atoms with Crippen molar-refractivity contribution in [1.29, 1.82) is 0 Å². The Balaban J connectivity index is 1.61. The van der Waals surface area contributed by atoms with Gasteiger partial charge in [0.1, 0.15) is 12.1 Å². The molecule has 2 aromatic heterocycles. The van der Waals surface area contributed by atoms with E-state index in [9.17, 15) is 0 Å². The SMILES string of the molecule is CC(Nc1ncnc2c1cnn2-c1ccccc1)C1CN(C)CCO1. The minimum Gasteiger partial charge on any atom is -0.373 e. The highest BCUT2D eigenvalue weighted by Crippen LogP contribution is 2.23. The van der Waals surface area contributed by atoms with Crippen molar-refractivity contribution in [2.45, 2.75) is 19.1 Å². The Hall–Kier alpha value is -2.51. The fourth-order valence-electron chi connectivity index (χ4n) is 3.14. The standard InChI is InChI=1S/C18H22N6O/c1-13(16-11-23(2)8-9-25-16)22-17-15-10-21-24(18(15)20-12-19-17)14-6-4-3-5-7-14/h3-7,10,12-13,16H,8-9,11H2,1-2H3,(H,19,20,22). The third kappa shape index (κ3) is 3.20. The molecule has 1 aromatic carbocycles. The summed E-state index contributed by atoms with van der Waals surface area (Å²) < 4.78 is 7.73. The Morgan fingerprint density at radius 2 is 2.08 bits per heavy atom. The Morgan fingerprint density at radius 3 is 2.88 bits per heavy atom. The molecule has 2 unspecified atom stereocenters. The number of benzene rings is 1. The summed E-state index contributed by atoms with van der Waals surface area (Å²) in [5, 5.41) is 8.88. The van der Waals surface area contributed by atoms with Crippen molar-refractivity contribution >= 4 is 16.9 Å². The van der Waals surface area contributed by atoms with E-state index in [1.807, 2.05) is 41.2 Å². The lowest BCUT2D eigenvalue weighted by Crippen LogP contribution is -2.47. The summed E-state index contributed by atoms with van der Waals surface area (Å²) in [7, 11) is 2.12. The van der Waals surface area contributed by atoms with Crippen LogP contribution in [0, 0.1) is 0 Å². The van der Waals surface area contributed by atoms with Crippen LogP contribution in [0.15, 0.2) is 42.9 Å². The molecular formula is C18H22N6O. The average Bonchev–Trinajstić information content (AvgIpc) is 3.07. The third-order valence-electron chi connectivity index (χ3n) is 4.59. The molecule has 25 heavy (non-hydrogen) atoms. The molecule has 0 aliphatic carbocycles. The first-order chi connectivity index (χ1) is 12.2. The summed E-state index contributed by atoms with van der Waals surface area (Å²) in [4.78, 5) is 11.1. The molecule has 0 amide bonds. The van der Waals surface area contributed by atoms with Gasteiger partial charge < -0.3 is 15.0 Å². The lowest BCUT2D eigenvalue weighted by Gasteiger charge is -2.34. The van der Waals surface area contributed by atoms with Gasteiger partial charge in [0, 0.05) is 13.1 Å². The van der Waals surface area contributed by atoms with E-state index in [1.54, 1.807) is 6.33 Å². The van der Waals surface area contributed by atoms with Gasteiger partial charge in [-0.25, -0.2) is 14.6 Å². The smallest absolute Gasteiger partial charge is 0.168 e. The van der Waals surface area contributed by atoms with Crippen LogP contribution in [0.25, 0.3) is 16.7 Å². The highest BCUT2D eigenvalue weighted by Gasteiger charge is 2.24. The number of morpholine rings is 1. The van der Waals surface area contributed by atoms with Crippen molar-refractivity contribution in [3.05, 3.63) is 42.9 Å². The van der Waals surface area contributed by atoms with Gasteiger partial charge in [-0.1, -0.05) is 18.2 Å². The fourth-order valence-corrected chi connectivity index (χ4v) is 3.14. The maximum Gasteiger partial charge on any atom is 0.168 e. The molecule has 0 spiro atoms. The molecule has 1 N–H and O–H groups in total. The van der Waals surface area contributed by atoms with E-state index in [0.29, 0.717) is 0 Å². The molecule has 0 saturated carbocycles. The summed E-state index contributed by atoms with van der Waals surface area (Å²) in [5.74, 6) is 0.788. The molecule has 0 bridgehead atoms. The molecule has 0 radical (unpaired) electrons. The number of hydrogen-bond donors (Lipinski definition) is 1. The second-order valence-corrected chi connectivity index (χ2v) is 6.46. The molecule has 3 aromatic rings. The van der Waals surface area contributed by atoms with Crippen LogP contribution in [0.4, 0.5) is 5.82 Å². The second kappa shape index (κ2) is 6.78. The average molecular weight is 338 g/mol. The molecular weight excluding hydrogens is 316 g/mol. The van der Waals surface area contributed by atoms with Crippen LogP contribution in [0.5, 0.6) is 0 Å². The van der Waals surface area contributed by atoms with Crippen molar-refractivity contribution in [2.75, 3.05) is 32.1 Å². The third-order valence-corrected chi connectivity index (χ3v) is 4.59. The van der Waals surface area contributed by atoms with Crippen molar-refractivity contribution in [3.8, 4) is 5.69 Å².